The van der Waals surface area contributed by atoms with Gasteiger partial charge in [0.25, 0.3) is 0 Å². The maximum absolute atomic E-state index is 5.93. The Labute approximate surface area is 102 Å². The van der Waals surface area contributed by atoms with Crippen molar-refractivity contribution in [3.05, 3.63) is 27.4 Å². The van der Waals surface area contributed by atoms with Crippen LogP contribution in [0.2, 0.25) is 5.02 Å². The monoisotopic (exact) mass is 255 g/mol. The van der Waals surface area contributed by atoms with Gasteiger partial charge in [-0.25, -0.2) is 15.0 Å². The van der Waals surface area contributed by atoms with Crippen molar-refractivity contribution >= 4 is 34.6 Å². The molecule has 84 valence electrons. The number of hydrogen-bond acceptors (Lipinski definition) is 6. The van der Waals surface area contributed by atoms with E-state index in [0.29, 0.717) is 17.4 Å². The second-order valence-electron chi connectivity index (χ2n) is 3.13. The molecule has 2 aromatic heterocycles. The van der Waals surface area contributed by atoms with E-state index in [-0.39, 0.29) is 5.82 Å². The molecule has 0 fully saturated rings. The standard InChI is InChI=1S/C9H10ClN5S/c1-5-15-6(3-16-5)2-12-9-7(10)8(11)13-4-14-9/h3-4H,2H2,1H3,(H3,11,12,13,14). The van der Waals surface area contributed by atoms with E-state index in [0.717, 1.165) is 10.7 Å². The number of rotatable bonds is 3. The number of halogens is 1. The van der Waals surface area contributed by atoms with E-state index in [2.05, 4.69) is 20.3 Å². The number of anilines is 2. The van der Waals surface area contributed by atoms with E-state index in [4.69, 9.17) is 17.3 Å². The Morgan fingerprint density at radius 3 is 3.00 bits per heavy atom. The molecule has 2 heterocycles. The lowest BCUT2D eigenvalue weighted by atomic mass is 10.4. The molecule has 0 atom stereocenters. The Morgan fingerprint density at radius 2 is 2.31 bits per heavy atom. The predicted molar refractivity (Wildman–Crippen MR) is 65.6 cm³/mol. The van der Waals surface area contributed by atoms with Gasteiger partial charge in [-0.1, -0.05) is 11.6 Å². The molecule has 0 saturated carbocycles. The van der Waals surface area contributed by atoms with Gasteiger partial charge in [0.05, 0.1) is 17.2 Å². The Morgan fingerprint density at radius 1 is 1.50 bits per heavy atom. The van der Waals surface area contributed by atoms with Crippen molar-refractivity contribution in [2.45, 2.75) is 13.5 Å². The Hall–Kier alpha value is -1.40. The molecule has 16 heavy (non-hydrogen) atoms. The summed E-state index contributed by atoms with van der Waals surface area (Å²) in [5, 5.41) is 6.43. The van der Waals surface area contributed by atoms with Crippen molar-refractivity contribution < 1.29 is 0 Å². The van der Waals surface area contributed by atoms with Crippen LogP contribution < -0.4 is 11.1 Å². The molecule has 0 unspecified atom stereocenters. The highest BCUT2D eigenvalue weighted by Gasteiger charge is 2.06. The van der Waals surface area contributed by atoms with Gasteiger partial charge in [0.15, 0.2) is 5.82 Å². The van der Waals surface area contributed by atoms with Crippen LogP contribution in [0.3, 0.4) is 0 Å². The highest BCUT2D eigenvalue weighted by molar-refractivity contribution is 7.09. The van der Waals surface area contributed by atoms with Crippen LogP contribution in [0.4, 0.5) is 11.6 Å². The average molecular weight is 256 g/mol. The summed E-state index contributed by atoms with van der Waals surface area (Å²) >= 11 is 7.54. The van der Waals surface area contributed by atoms with Crippen LogP contribution >= 0.6 is 22.9 Å². The predicted octanol–water partition coefficient (Wildman–Crippen LogP) is 2.09. The maximum Gasteiger partial charge on any atom is 0.150 e. The van der Waals surface area contributed by atoms with Crippen LogP contribution in [0, 0.1) is 6.92 Å². The number of aryl methyl sites for hydroxylation is 1. The summed E-state index contributed by atoms with van der Waals surface area (Å²) in [6.07, 6.45) is 1.37. The number of aromatic nitrogens is 3. The van der Waals surface area contributed by atoms with Crippen LogP contribution in [0.25, 0.3) is 0 Å². The first-order valence-corrected chi connectivity index (χ1v) is 5.83. The third-order valence-electron chi connectivity index (χ3n) is 1.92. The van der Waals surface area contributed by atoms with Crippen molar-refractivity contribution in [3.8, 4) is 0 Å². The summed E-state index contributed by atoms with van der Waals surface area (Å²) in [4.78, 5) is 12.1. The zero-order valence-corrected chi connectivity index (χ0v) is 10.1. The number of nitrogens with one attached hydrogen (secondary N) is 1. The van der Waals surface area contributed by atoms with Crippen molar-refractivity contribution in [2.75, 3.05) is 11.1 Å². The number of nitrogens with zero attached hydrogens (tertiary/aromatic N) is 3. The lowest BCUT2D eigenvalue weighted by Gasteiger charge is -2.06. The Bertz CT molecular complexity index is 498. The first kappa shape index (κ1) is 11.1. The quantitative estimate of drug-likeness (QED) is 0.878. The molecule has 0 saturated heterocycles. The van der Waals surface area contributed by atoms with Crippen LogP contribution in [-0.4, -0.2) is 15.0 Å². The molecule has 5 nitrogen and oxygen atoms in total. The minimum atomic E-state index is 0.272. The summed E-state index contributed by atoms with van der Waals surface area (Å²) in [6, 6.07) is 0. The molecular weight excluding hydrogens is 246 g/mol. The lowest BCUT2D eigenvalue weighted by molar-refractivity contribution is 1.03. The number of nitrogen functional groups attached to an aromatic ring is 1. The molecule has 0 aliphatic rings. The van der Waals surface area contributed by atoms with E-state index in [1.54, 1.807) is 11.3 Å². The highest BCUT2D eigenvalue weighted by Crippen LogP contribution is 2.23. The minimum absolute atomic E-state index is 0.272. The second kappa shape index (κ2) is 4.63. The number of thiazole rings is 1. The Kier molecular flexibility index (Phi) is 3.21. The molecule has 3 N–H and O–H groups in total. The topological polar surface area (TPSA) is 76.7 Å². The molecule has 0 aliphatic carbocycles. The summed E-state index contributed by atoms with van der Waals surface area (Å²) < 4.78 is 0. The first-order valence-electron chi connectivity index (χ1n) is 4.57. The van der Waals surface area contributed by atoms with Crippen molar-refractivity contribution in [1.82, 2.24) is 15.0 Å². The summed E-state index contributed by atoms with van der Waals surface area (Å²) in [5.74, 6) is 0.799. The highest BCUT2D eigenvalue weighted by atomic mass is 35.5. The zero-order chi connectivity index (χ0) is 11.5. The maximum atomic E-state index is 5.93. The first-order chi connectivity index (χ1) is 7.66. The van der Waals surface area contributed by atoms with Gasteiger partial charge < -0.3 is 11.1 Å². The smallest absolute Gasteiger partial charge is 0.150 e. The molecule has 2 aromatic rings. The summed E-state index contributed by atoms with van der Waals surface area (Å²) in [6.45, 7) is 2.53. The number of hydrogen-bond donors (Lipinski definition) is 2. The molecule has 0 aromatic carbocycles. The largest absolute Gasteiger partial charge is 0.382 e. The van der Waals surface area contributed by atoms with Gasteiger partial charge in [0, 0.05) is 5.38 Å². The van der Waals surface area contributed by atoms with Crippen LogP contribution in [0.1, 0.15) is 10.7 Å². The normalized spacial score (nSPS) is 10.4. The Balaban J connectivity index is 2.07. The minimum Gasteiger partial charge on any atom is -0.382 e. The van der Waals surface area contributed by atoms with Gasteiger partial charge in [0.2, 0.25) is 0 Å². The average Bonchev–Trinajstić information content (AvgIpc) is 2.67. The van der Waals surface area contributed by atoms with Crippen LogP contribution in [0.15, 0.2) is 11.7 Å². The van der Waals surface area contributed by atoms with Crippen LogP contribution in [0.5, 0.6) is 0 Å². The second-order valence-corrected chi connectivity index (χ2v) is 4.57. The van der Waals surface area contributed by atoms with Crippen LogP contribution in [-0.2, 0) is 6.54 Å². The van der Waals surface area contributed by atoms with Gasteiger partial charge in [0.1, 0.15) is 17.2 Å². The zero-order valence-electron chi connectivity index (χ0n) is 8.57. The van der Waals surface area contributed by atoms with E-state index in [1.807, 2.05) is 12.3 Å². The van der Waals surface area contributed by atoms with Crippen molar-refractivity contribution in [1.29, 1.82) is 0 Å². The SMILES string of the molecule is Cc1nc(CNc2ncnc(N)c2Cl)cs1. The van der Waals surface area contributed by atoms with Gasteiger partial charge in [-0.3, -0.25) is 0 Å². The number of nitrogens with two attached hydrogens (primary N) is 1. The fourth-order valence-corrected chi connectivity index (χ4v) is 1.95. The van der Waals surface area contributed by atoms with Crippen molar-refractivity contribution in [3.63, 3.8) is 0 Å². The molecule has 7 heteroatoms. The van der Waals surface area contributed by atoms with Gasteiger partial charge in [-0.15, -0.1) is 11.3 Å². The fourth-order valence-electron chi connectivity index (χ4n) is 1.17. The fraction of sp³-hybridized carbons (Fsp3) is 0.222. The van der Waals surface area contributed by atoms with Gasteiger partial charge >= 0.3 is 0 Å². The molecule has 0 bridgehead atoms. The lowest BCUT2D eigenvalue weighted by Crippen LogP contribution is -2.04. The van der Waals surface area contributed by atoms with E-state index in [9.17, 15) is 0 Å². The van der Waals surface area contributed by atoms with E-state index >= 15 is 0 Å². The van der Waals surface area contributed by atoms with E-state index in [1.165, 1.54) is 6.33 Å². The third-order valence-corrected chi connectivity index (χ3v) is 3.11. The molecule has 2 rings (SSSR count). The molecule has 0 amide bonds. The summed E-state index contributed by atoms with van der Waals surface area (Å²) in [7, 11) is 0. The molecule has 0 aliphatic heterocycles. The molecule has 0 spiro atoms. The van der Waals surface area contributed by atoms with Gasteiger partial charge in [-0.2, -0.15) is 0 Å². The third kappa shape index (κ3) is 2.40. The molecular formula is C9H10ClN5S. The van der Waals surface area contributed by atoms with E-state index < -0.39 is 0 Å². The summed E-state index contributed by atoms with van der Waals surface area (Å²) in [5.41, 5.74) is 6.51. The molecule has 0 radical (unpaired) electrons. The van der Waals surface area contributed by atoms with Crippen molar-refractivity contribution in [2.24, 2.45) is 0 Å². The van der Waals surface area contributed by atoms with Gasteiger partial charge in [-0.05, 0) is 6.92 Å².